The van der Waals surface area contributed by atoms with Gasteiger partial charge >= 0.3 is 0 Å². The first kappa shape index (κ1) is 13.5. The fourth-order valence-corrected chi connectivity index (χ4v) is 1.81. The molecule has 0 aromatic rings. The average Bonchev–Trinajstić information content (AvgIpc) is 3.07. The molecule has 1 rings (SSSR count). The van der Waals surface area contributed by atoms with E-state index in [-0.39, 0.29) is 5.91 Å². The van der Waals surface area contributed by atoms with E-state index in [9.17, 15) is 4.79 Å². The van der Waals surface area contributed by atoms with E-state index in [4.69, 9.17) is 4.74 Å². The number of nitrogens with one attached hydrogen (secondary N) is 1. The van der Waals surface area contributed by atoms with Gasteiger partial charge in [0, 0.05) is 26.3 Å². The highest BCUT2D eigenvalue weighted by molar-refractivity contribution is 5.77. The third kappa shape index (κ3) is 4.94. The summed E-state index contributed by atoms with van der Waals surface area (Å²) in [6.45, 7) is 4.12. The molecular weight excluding hydrogens is 204 g/mol. The van der Waals surface area contributed by atoms with Crippen LogP contribution in [0.5, 0.6) is 0 Å². The molecule has 0 aromatic heterocycles. The molecule has 1 fully saturated rings. The number of carbonyl (C=O) groups excluding carboxylic acids is 1. The molecule has 94 valence electrons. The monoisotopic (exact) mass is 228 g/mol. The van der Waals surface area contributed by atoms with Crippen LogP contribution in [0.3, 0.4) is 0 Å². The first-order chi connectivity index (χ1) is 7.65. The molecule has 0 saturated heterocycles. The predicted molar refractivity (Wildman–Crippen MR) is 64.3 cm³/mol. The molecule has 4 nitrogen and oxygen atoms in total. The summed E-state index contributed by atoms with van der Waals surface area (Å²) >= 11 is 0. The zero-order valence-electron chi connectivity index (χ0n) is 10.7. The molecule has 1 N–H and O–H groups in total. The smallest absolute Gasteiger partial charge is 0.234 e. The molecule has 0 aromatic carbocycles. The van der Waals surface area contributed by atoms with Gasteiger partial charge in [-0.05, 0) is 39.2 Å². The Kier molecular flexibility index (Phi) is 5.77. The summed E-state index contributed by atoms with van der Waals surface area (Å²) in [5.41, 5.74) is 0. The van der Waals surface area contributed by atoms with Crippen molar-refractivity contribution < 1.29 is 9.53 Å². The number of ether oxygens (including phenoxy) is 1. The van der Waals surface area contributed by atoms with Crippen LogP contribution in [0.1, 0.15) is 26.2 Å². The lowest BCUT2D eigenvalue weighted by Crippen LogP contribution is -2.40. The minimum absolute atomic E-state index is 0.117. The van der Waals surface area contributed by atoms with Crippen LogP contribution in [-0.4, -0.2) is 50.7 Å². The van der Waals surface area contributed by atoms with Gasteiger partial charge in [-0.3, -0.25) is 9.69 Å². The van der Waals surface area contributed by atoms with Gasteiger partial charge in [0.1, 0.15) is 0 Å². The standard InChI is InChI=1S/C12H24N2O2/c1-10(11-5-6-11)14(2)9-12(15)13-7-4-8-16-3/h10-11H,4-9H2,1-3H3,(H,13,15). The Morgan fingerprint density at radius 2 is 2.25 bits per heavy atom. The van der Waals surface area contributed by atoms with Crippen molar-refractivity contribution in [1.29, 1.82) is 0 Å². The molecular formula is C12H24N2O2. The van der Waals surface area contributed by atoms with Crippen molar-refractivity contribution in [2.75, 3.05) is 33.9 Å². The van der Waals surface area contributed by atoms with Crippen LogP contribution >= 0.6 is 0 Å². The van der Waals surface area contributed by atoms with Crippen molar-refractivity contribution in [1.82, 2.24) is 10.2 Å². The summed E-state index contributed by atoms with van der Waals surface area (Å²) in [4.78, 5) is 13.7. The van der Waals surface area contributed by atoms with Crippen LogP contribution in [0.25, 0.3) is 0 Å². The van der Waals surface area contributed by atoms with Crippen LogP contribution in [-0.2, 0) is 9.53 Å². The summed E-state index contributed by atoms with van der Waals surface area (Å²) in [7, 11) is 3.70. The maximum absolute atomic E-state index is 11.6. The lowest BCUT2D eigenvalue weighted by molar-refractivity contribution is -0.122. The molecule has 0 heterocycles. The fourth-order valence-electron chi connectivity index (χ4n) is 1.81. The lowest BCUT2D eigenvalue weighted by atomic mass is 10.2. The highest BCUT2D eigenvalue weighted by Crippen LogP contribution is 2.34. The Balaban J connectivity index is 2.07. The zero-order chi connectivity index (χ0) is 12.0. The third-order valence-corrected chi connectivity index (χ3v) is 3.24. The van der Waals surface area contributed by atoms with E-state index in [0.717, 1.165) is 12.3 Å². The van der Waals surface area contributed by atoms with Crippen LogP contribution in [0.2, 0.25) is 0 Å². The first-order valence-corrected chi connectivity index (χ1v) is 6.11. The second-order valence-corrected chi connectivity index (χ2v) is 4.69. The molecule has 1 aliphatic rings. The van der Waals surface area contributed by atoms with Gasteiger partial charge in [-0.15, -0.1) is 0 Å². The summed E-state index contributed by atoms with van der Waals surface area (Å²) < 4.78 is 4.92. The average molecular weight is 228 g/mol. The number of methoxy groups -OCH3 is 1. The van der Waals surface area contributed by atoms with E-state index in [1.807, 2.05) is 7.05 Å². The maximum atomic E-state index is 11.6. The summed E-state index contributed by atoms with van der Waals surface area (Å²) in [6, 6.07) is 0.532. The highest BCUT2D eigenvalue weighted by atomic mass is 16.5. The van der Waals surface area contributed by atoms with Crippen LogP contribution < -0.4 is 5.32 Å². The van der Waals surface area contributed by atoms with E-state index < -0.39 is 0 Å². The van der Waals surface area contributed by atoms with E-state index in [1.165, 1.54) is 12.8 Å². The Labute approximate surface area is 98.3 Å². The van der Waals surface area contributed by atoms with Crippen LogP contribution in [0.4, 0.5) is 0 Å². The molecule has 16 heavy (non-hydrogen) atoms. The molecule has 4 heteroatoms. The molecule has 1 aliphatic carbocycles. The largest absolute Gasteiger partial charge is 0.385 e. The predicted octanol–water partition coefficient (Wildman–Crippen LogP) is 0.869. The summed E-state index contributed by atoms with van der Waals surface area (Å²) in [5.74, 6) is 0.928. The number of hydrogen-bond donors (Lipinski definition) is 1. The first-order valence-electron chi connectivity index (χ1n) is 6.11. The van der Waals surface area contributed by atoms with Gasteiger partial charge in [-0.2, -0.15) is 0 Å². The van der Waals surface area contributed by atoms with Gasteiger partial charge in [0.05, 0.1) is 6.54 Å². The fraction of sp³-hybridized carbons (Fsp3) is 0.917. The topological polar surface area (TPSA) is 41.6 Å². The van der Waals surface area contributed by atoms with Gasteiger partial charge in [0.2, 0.25) is 5.91 Å². The maximum Gasteiger partial charge on any atom is 0.234 e. The van der Waals surface area contributed by atoms with Crippen LogP contribution in [0, 0.1) is 5.92 Å². The van der Waals surface area contributed by atoms with Crippen molar-refractivity contribution in [2.45, 2.75) is 32.2 Å². The Bertz CT molecular complexity index is 217. The Hall–Kier alpha value is -0.610. The second kappa shape index (κ2) is 6.86. The summed E-state index contributed by atoms with van der Waals surface area (Å²) in [5, 5.41) is 2.90. The molecule has 1 amide bonds. The van der Waals surface area contributed by atoms with Crippen LogP contribution in [0.15, 0.2) is 0 Å². The quantitative estimate of drug-likeness (QED) is 0.627. The minimum Gasteiger partial charge on any atom is -0.385 e. The van der Waals surface area contributed by atoms with Crippen molar-refractivity contribution in [3.63, 3.8) is 0 Å². The normalized spacial score (nSPS) is 17.5. The molecule has 0 spiro atoms. The molecule has 0 radical (unpaired) electrons. The highest BCUT2D eigenvalue weighted by Gasteiger charge is 2.30. The van der Waals surface area contributed by atoms with Crippen molar-refractivity contribution in [3.8, 4) is 0 Å². The van der Waals surface area contributed by atoms with Gasteiger partial charge in [0.25, 0.3) is 0 Å². The summed E-state index contributed by atoms with van der Waals surface area (Å²) in [6.07, 6.45) is 3.52. The molecule has 0 bridgehead atoms. The van der Waals surface area contributed by atoms with Crippen molar-refractivity contribution in [2.24, 2.45) is 5.92 Å². The molecule has 1 unspecified atom stereocenters. The third-order valence-electron chi connectivity index (χ3n) is 3.24. The van der Waals surface area contributed by atoms with Gasteiger partial charge < -0.3 is 10.1 Å². The number of rotatable bonds is 8. The number of hydrogen-bond acceptors (Lipinski definition) is 3. The molecule has 0 aliphatic heterocycles. The van der Waals surface area contributed by atoms with Gasteiger partial charge in [0.15, 0.2) is 0 Å². The van der Waals surface area contributed by atoms with E-state index in [0.29, 0.717) is 25.7 Å². The van der Waals surface area contributed by atoms with E-state index >= 15 is 0 Å². The van der Waals surface area contributed by atoms with Gasteiger partial charge in [-0.1, -0.05) is 0 Å². The minimum atomic E-state index is 0.117. The van der Waals surface area contributed by atoms with Crippen molar-refractivity contribution >= 4 is 5.91 Å². The van der Waals surface area contributed by atoms with Gasteiger partial charge in [-0.25, -0.2) is 0 Å². The Morgan fingerprint density at radius 1 is 1.56 bits per heavy atom. The number of nitrogens with zero attached hydrogens (tertiary/aromatic N) is 1. The Morgan fingerprint density at radius 3 is 2.81 bits per heavy atom. The SMILES string of the molecule is COCCCNC(=O)CN(C)C(C)C1CC1. The lowest BCUT2D eigenvalue weighted by Gasteiger charge is -2.23. The van der Waals surface area contributed by atoms with E-state index in [1.54, 1.807) is 7.11 Å². The van der Waals surface area contributed by atoms with Crippen molar-refractivity contribution in [3.05, 3.63) is 0 Å². The number of likely N-dealkylation sites (N-methyl/N-ethyl adjacent to an activating group) is 1. The second-order valence-electron chi connectivity index (χ2n) is 4.69. The zero-order valence-corrected chi connectivity index (χ0v) is 10.7. The molecule has 1 saturated carbocycles. The van der Waals surface area contributed by atoms with E-state index in [2.05, 4.69) is 17.1 Å². The number of carbonyl (C=O) groups is 1. The molecule has 1 atom stereocenters. The number of amides is 1.